The van der Waals surface area contributed by atoms with Crippen molar-refractivity contribution in [2.75, 3.05) is 11.5 Å². The van der Waals surface area contributed by atoms with Crippen LogP contribution in [0.5, 0.6) is 0 Å². The number of hydrogen-bond acceptors (Lipinski definition) is 4. The van der Waals surface area contributed by atoms with E-state index in [4.69, 9.17) is 28.3 Å². The summed E-state index contributed by atoms with van der Waals surface area (Å²) in [6.07, 6.45) is 2.78. The predicted octanol–water partition coefficient (Wildman–Crippen LogP) is 1.70. The molecule has 4 N–H and O–H groups in total. The standard InChI is InChI=1S/C10H7ClFN5/c11-8-5(14)3-6(15)10(9(8)12)17-2-1-16-7(17)4-13/h1-3H,14-15H2. The van der Waals surface area contributed by atoms with Gasteiger partial charge in [0.25, 0.3) is 0 Å². The molecule has 0 bridgehead atoms. The number of anilines is 2. The zero-order valence-electron chi connectivity index (χ0n) is 8.48. The van der Waals surface area contributed by atoms with Crippen molar-refractivity contribution in [3.05, 3.63) is 35.1 Å². The van der Waals surface area contributed by atoms with E-state index in [1.165, 1.54) is 23.0 Å². The zero-order chi connectivity index (χ0) is 12.6. The van der Waals surface area contributed by atoms with Crippen molar-refractivity contribution in [2.24, 2.45) is 0 Å². The fraction of sp³-hybridized carbons (Fsp3) is 0. The number of benzene rings is 1. The van der Waals surface area contributed by atoms with Crippen LogP contribution < -0.4 is 11.5 Å². The van der Waals surface area contributed by atoms with Crippen molar-refractivity contribution >= 4 is 23.0 Å². The topological polar surface area (TPSA) is 93.6 Å². The summed E-state index contributed by atoms with van der Waals surface area (Å²) < 4.78 is 15.2. The van der Waals surface area contributed by atoms with Crippen molar-refractivity contribution in [3.8, 4) is 11.8 Å². The first kappa shape index (κ1) is 11.2. The Labute approximate surface area is 101 Å². The third-order valence-corrected chi connectivity index (χ3v) is 2.60. The Balaban J connectivity index is 2.77. The maximum absolute atomic E-state index is 14.0. The lowest BCUT2D eigenvalue weighted by atomic mass is 10.2. The van der Waals surface area contributed by atoms with Crippen LogP contribution in [0.1, 0.15) is 5.82 Å². The normalized spacial score (nSPS) is 10.2. The van der Waals surface area contributed by atoms with Crippen LogP contribution in [0.25, 0.3) is 5.69 Å². The van der Waals surface area contributed by atoms with Gasteiger partial charge in [-0.15, -0.1) is 0 Å². The second kappa shape index (κ2) is 3.96. The van der Waals surface area contributed by atoms with E-state index < -0.39 is 5.82 Å². The molecule has 0 spiro atoms. The largest absolute Gasteiger partial charge is 0.397 e. The van der Waals surface area contributed by atoms with Gasteiger partial charge >= 0.3 is 0 Å². The minimum Gasteiger partial charge on any atom is -0.397 e. The van der Waals surface area contributed by atoms with Gasteiger partial charge < -0.3 is 11.5 Å². The number of rotatable bonds is 1. The van der Waals surface area contributed by atoms with Crippen LogP contribution in [-0.4, -0.2) is 9.55 Å². The van der Waals surface area contributed by atoms with Crippen LogP contribution in [0.2, 0.25) is 5.02 Å². The molecule has 17 heavy (non-hydrogen) atoms. The summed E-state index contributed by atoms with van der Waals surface area (Å²) in [7, 11) is 0. The molecule has 0 atom stereocenters. The molecule has 0 radical (unpaired) electrons. The van der Waals surface area contributed by atoms with Gasteiger partial charge in [0.05, 0.1) is 11.4 Å². The summed E-state index contributed by atoms with van der Waals surface area (Å²) in [6.45, 7) is 0. The molecule has 2 rings (SSSR count). The van der Waals surface area contributed by atoms with Gasteiger partial charge in [0.15, 0.2) is 5.82 Å². The number of nitrogens with two attached hydrogens (primary N) is 2. The lowest BCUT2D eigenvalue weighted by Crippen LogP contribution is -2.06. The van der Waals surface area contributed by atoms with Gasteiger partial charge in [-0.25, -0.2) is 9.37 Å². The minimum absolute atomic E-state index is 0.0106. The predicted molar refractivity (Wildman–Crippen MR) is 62.1 cm³/mol. The molecule has 5 nitrogen and oxygen atoms in total. The van der Waals surface area contributed by atoms with Crippen molar-refractivity contribution in [1.82, 2.24) is 9.55 Å². The SMILES string of the molecule is N#Cc1nccn1-c1c(N)cc(N)c(Cl)c1F. The van der Waals surface area contributed by atoms with Gasteiger partial charge in [-0.3, -0.25) is 4.57 Å². The maximum Gasteiger partial charge on any atom is 0.217 e. The number of nitriles is 1. The summed E-state index contributed by atoms with van der Waals surface area (Å²) in [6, 6.07) is 3.15. The fourth-order valence-electron chi connectivity index (χ4n) is 1.47. The van der Waals surface area contributed by atoms with E-state index in [1.807, 2.05) is 6.07 Å². The van der Waals surface area contributed by atoms with Gasteiger partial charge in [-0.05, 0) is 6.07 Å². The molecule has 0 saturated heterocycles. The van der Waals surface area contributed by atoms with E-state index in [9.17, 15) is 4.39 Å². The quantitative estimate of drug-likeness (QED) is 0.755. The molecule has 0 fully saturated rings. The van der Waals surface area contributed by atoms with Crippen LogP contribution in [0.4, 0.5) is 15.8 Å². The average molecular weight is 252 g/mol. The molecular formula is C10H7ClFN5. The highest BCUT2D eigenvalue weighted by Gasteiger charge is 2.17. The molecule has 86 valence electrons. The number of aromatic nitrogens is 2. The Hall–Kier alpha value is -2.26. The number of hydrogen-bond donors (Lipinski definition) is 2. The van der Waals surface area contributed by atoms with Gasteiger partial charge in [-0.2, -0.15) is 5.26 Å². The Bertz CT molecular complexity index is 628. The monoisotopic (exact) mass is 251 g/mol. The molecule has 0 saturated carbocycles. The molecule has 1 aromatic heterocycles. The van der Waals surface area contributed by atoms with E-state index in [-0.39, 0.29) is 27.9 Å². The molecule has 0 amide bonds. The maximum atomic E-state index is 14.0. The van der Waals surface area contributed by atoms with Crippen molar-refractivity contribution in [2.45, 2.75) is 0 Å². The van der Waals surface area contributed by atoms with Gasteiger partial charge in [0.2, 0.25) is 5.82 Å². The highest BCUT2D eigenvalue weighted by Crippen LogP contribution is 2.32. The molecule has 2 aromatic rings. The smallest absolute Gasteiger partial charge is 0.217 e. The van der Waals surface area contributed by atoms with Crippen LogP contribution in [0.15, 0.2) is 18.5 Å². The Morgan fingerprint density at radius 1 is 1.41 bits per heavy atom. The molecule has 1 heterocycles. The lowest BCUT2D eigenvalue weighted by molar-refractivity contribution is 0.619. The fourth-order valence-corrected chi connectivity index (χ4v) is 1.61. The van der Waals surface area contributed by atoms with Crippen molar-refractivity contribution in [3.63, 3.8) is 0 Å². The van der Waals surface area contributed by atoms with E-state index in [0.717, 1.165) is 0 Å². The number of imidazole rings is 1. The summed E-state index contributed by atoms with van der Waals surface area (Å²) in [4.78, 5) is 3.75. The first-order chi connectivity index (χ1) is 8.06. The van der Waals surface area contributed by atoms with Gasteiger partial charge in [0.1, 0.15) is 16.8 Å². The summed E-state index contributed by atoms with van der Waals surface area (Å²) in [5, 5.41) is 8.59. The van der Waals surface area contributed by atoms with E-state index in [2.05, 4.69) is 4.98 Å². The molecule has 0 unspecified atom stereocenters. The summed E-state index contributed by atoms with van der Waals surface area (Å²) in [5.74, 6) is -0.768. The highest BCUT2D eigenvalue weighted by molar-refractivity contribution is 6.33. The Kier molecular flexibility index (Phi) is 2.61. The second-order valence-corrected chi connectivity index (χ2v) is 3.64. The number of halogens is 2. The highest BCUT2D eigenvalue weighted by atomic mass is 35.5. The van der Waals surface area contributed by atoms with Crippen LogP contribution >= 0.6 is 11.6 Å². The Morgan fingerprint density at radius 2 is 2.12 bits per heavy atom. The summed E-state index contributed by atoms with van der Waals surface area (Å²) >= 11 is 5.70. The molecule has 1 aromatic carbocycles. The molecule has 0 aliphatic heterocycles. The molecule has 7 heteroatoms. The molecule has 0 aliphatic rings. The van der Waals surface area contributed by atoms with Gasteiger partial charge in [0, 0.05) is 12.4 Å². The minimum atomic E-state index is -0.779. The van der Waals surface area contributed by atoms with E-state index >= 15 is 0 Å². The van der Waals surface area contributed by atoms with Crippen LogP contribution in [0, 0.1) is 17.1 Å². The van der Waals surface area contributed by atoms with Crippen LogP contribution in [-0.2, 0) is 0 Å². The zero-order valence-corrected chi connectivity index (χ0v) is 9.24. The number of nitrogens with zero attached hydrogens (tertiary/aromatic N) is 3. The third kappa shape index (κ3) is 1.66. The van der Waals surface area contributed by atoms with E-state index in [0.29, 0.717) is 0 Å². The third-order valence-electron chi connectivity index (χ3n) is 2.22. The first-order valence-corrected chi connectivity index (χ1v) is 4.90. The van der Waals surface area contributed by atoms with Crippen molar-refractivity contribution < 1.29 is 4.39 Å². The average Bonchev–Trinajstić information content (AvgIpc) is 2.74. The molecule has 0 aliphatic carbocycles. The number of nitrogen functional groups attached to an aromatic ring is 2. The molecular weight excluding hydrogens is 245 g/mol. The summed E-state index contributed by atoms with van der Waals surface area (Å²) in [5.41, 5.74) is 11.2. The van der Waals surface area contributed by atoms with E-state index in [1.54, 1.807) is 0 Å². The van der Waals surface area contributed by atoms with Gasteiger partial charge in [-0.1, -0.05) is 11.6 Å². The van der Waals surface area contributed by atoms with Crippen molar-refractivity contribution in [1.29, 1.82) is 5.26 Å². The Morgan fingerprint density at radius 3 is 2.76 bits per heavy atom. The van der Waals surface area contributed by atoms with Crippen LogP contribution in [0.3, 0.4) is 0 Å². The first-order valence-electron chi connectivity index (χ1n) is 4.53. The second-order valence-electron chi connectivity index (χ2n) is 3.26. The lowest BCUT2D eigenvalue weighted by Gasteiger charge is -2.11.